The first-order valence-corrected chi connectivity index (χ1v) is 3.23. The minimum absolute atomic E-state index is 0.572. The zero-order chi connectivity index (χ0) is 10.3. The second-order valence-electron chi connectivity index (χ2n) is 1.92. The lowest BCUT2D eigenvalue weighted by Gasteiger charge is -1.82. The van der Waals surface area contributed by atoms with E-state index in [0.717, 1.165) is 0 Å². The van der Waals surface area contributed by atoms with Gasteiger partial charge in [-0.1, -0.05) is 6.07 Å². The molecule has 0 radical (unpaired) electrons. The van der Waals surface area contributed by atoms with Crippen molar-refractivity contribution in [1.29, 1.82) is 0 Å². The maximum atomic E-state index is 9.32. The number of aliphatic carboxylic acids is 1. The van der Waals surface area contributed by atoms with Crippen molar-refractivity contribution in [3.05, 3.63) is 24.4 Å². The third kappa shape index (κ3) is 6.29. The second kappa shape index (κ2) is 5.53. The molecular formula is C7H9N3O3. The van der Waals surface area contributed by atoms with Gasteiger partial charge >= 0.3 is 11.9 Å². The van der Waals surface area contributed by atoms with E-state index in [1.54, 1.807) is 12.3 Å². The van der Waals surface area contributed by atoms with E-state index >= 15 is 0 Å². The van der Waals surface area contributed by atoms with Crippen molar-refractivity contribution in [3.8, 4) is 0 Å². The first kappa shape index (κ1) is 10.9. The molecule has 5 N–H and O–H groups in total. The summed E-state index contributed by atoms with van der Waals surface area (Å²) in [6.45, 7) is 0. The van der Waals surface area contributed by atoms with Gasteiger partial charge in [0.2, 0.25) is 0 Å². The highest BCUT2D eigenvalue weighted by Gasteiger charge is 2.00. The van der Waals surface area contributed by atoms with E-state index in [0.29, 0.717) is 5.82 Å². The van der Waals surface area contributed by atoms with Crippen LogP contribution in [-0.4, -0.2) is 22.0 Å². The minimum atomic E-state index is -1.60. The fourth-order valence-electron chi connectivity index (χ4n) is 0.376. The molecule has 1 amide bonds. The van der Waals surface area contributed by atoms with Gasteiger partial charge in [-0.3, -0.25) is 4.79 Å². The Balaban J connectivity index is 0.000000226. The molecule has 1 heterocycles. The lowest BCUT2D eigenvalue weighted by atomic mass is 10.5. The van der Waals surface area contributed by atoms with Crippen LogP contribution in [0.25, 0.3) is 0 Å². The predicted octanol–water partition coefficient (Wildman–Crippen LogP) is -0.780. The number of primary amides is 1. The van der Waals surface area contributed by atoms with Gasteiger partial charge in [0.1, 0.15) is 5.82 Å². The second-order valence-corrected chi connectivity index (χ2v) is 1.92. The maximum absolute atomic E-state index is 9.32. The zero-order valence-corrected chi connectivity index (χ0v) is 6.68. The van der Waals surface area contributed by atoms with Gasteiger partial charge in [0, 0.05) is 6.20 Å². The van der Waals surface area contributed by atoms with Crippen molar-refractivity contribution in [3.63, 3.8) is 0 Å². The molecule has 1 aromatic rings. The molecule has 0 bridgehead atoms. The average molecular weight is 183 g/mol. The van der Waals surface area contributed by atoms with Crippen LogP contribution in [0.2, 0.25) is 0 Å². The third-order valence-corrected chi connectivity index (χ3v) is 0.899. The number of pyridine rings is 1. The lowest BCUT2D eigenvalue weighted by molar-refractivity contribution is -0.148. The first-order valence-electron chi connectivity index (χ1n) is 3.23. The predicted molar refractivity (Wildman–Crippen MR) is 45.5 cm³/mol. The van der Waals surface area contributed by atoms with Crippen LogP contribution in [0.3, 0.4) is 0 Å². The van der Waals surface area contributed by atoms with Crippen molar-refractivity contribution < 1.29 is 14.7 Å². The molecule has 70 valence electrons. The Morgan fingerprint density at radius 2 is 1.92 bits per heavy atom. The molecule has 0 aromatic carbocycles. The molecule has 0 aliphatic carbocycles. The number of carbonyl (C=O) groups is 2. The monoisotopic (exact) mass is 183 g/mol. The van der Waals surface area contributed by atoms with Gasteiger partial charge in [-0.25, -0.2) is 9.78 Å². The molecule has 0 fully saturated rings. The molecule has 0 aliphatic heterocycles. The number of nitrogen functional groups attached to an aromatic ring is 1. The van der Waals surface area contributed by atoms with Crippen molar-refractivity contribution in [2.75, 3.05) is 5.73 Å². The summed E-state index contributed by atoms with van der Waals surface area (Å²) in [4.78, 5) is 22.3. The number of rotatable bonds is 0. The van der Waals surface area contributed by atoms with Crippen LogP contribution in [-0.2, 0) is 9.59 Å². The number of nitrogens with two attached hydrogens (primary N) is 2. The molecule has 6 heteroatoms. The SMILES string of the molecule is NC(=O)C(=O)O.Nc1ccccn1. The summed E-state index contributed by atoms with van der Waals surface area (Å²) in [5.41, 5.74) is 9.44. The van der Waals surface area contributed by atoms with E-state index < -0.39 is 11.9 Å². The smallest absolute Gasteiger partial charge is 0.394 e. The molecule has 13 heavy (non-hydrogen) atoms. The van der Waals surface area contributed by atoms with Crippen LogP contribution < -0.4 is 11.5 Å². The molecule has 1 aromatic heterocycles. The fraction of sp³-hybridized carbons (Fsp3) is 0. The molecule has 1 rings (SSSR count). The molecule has 0 saturated heterocycles. The van der Waals surface area contributed by atoms with Gasteiger partial charge in [-0.2, -0.15) is 0 Å². The largest absolute Gasteiger partial charge is 0.474 e. The average Bonchev–Trinajstić information content (AvgIpc) is 2.06. The van der Waals surface area contributed by atoms with Crippen LogP contribution in [0.4, 0.5) is 5.82 Å². The van der Waals surface area contributed by atoms with Crippen LogP contribution in [0.5, 0.6) is 0 Å². The number of hydrogen-bond acceptors (Lipinski definition) is 4. The molecule has 0 atom stereocenters. The summed E-state index contributed by atoms with van der Waals surface area (Å²) in [5.74, 6) is -2.35. The number of nitrogens with zero attached hydrogens (tertiary/aromatic N) is 1. The van der Waals surface area contributed by atoms with Crippen LogP contribution in [0, 0.1) is 0 Å². The van der Waals surface area contributed by atoms with E-state index in [4.69, 9.17) is 10.8 Å². The number of hydrogen-bond donors (Lipinski definition) is 3. The first-order chi connectivity index (χ1) is 6.04. The lowest BCUT2D eigenvalue weighted by Crippen LogP contribution is -2.21. The summed E-state index contributed by atoms with van der Waals surface area (Å²) in [7, 11) is 0. The number of anilines is 1. The summed E-state index contributed by atoms with van der Waals surface area (Å²) >= 11 is 0. The highest BCUT2D eigenvalue weighted by Crippen LogP contribution is 1.89. The highest BCUT2D eigenvalue weighted by atomic mass is 16.4. The number of carboxylic acids is 1. The van der Waals surface area contributed by atoms with Crippen molar-refractivity contribution >= 4 is 17.7 Å². The van der Waals surface area contributed by atoms with E-state index in [2.05, 4.69) is 10.7 Å². The molecular weight excluding hydrogens is 174 g/mol. The molecule has 0 saturated carbocycles. The van der Waals surface area contributed by atoms with Gasteiger partial charge in [0.15, 0.2) is 0 Å². The Morgan fingerprint density at radius 3 is 2.08 bits per heavy atom. The molecule has 0 unspecified atom stereocenters. The minimum Gasteiger partial charge on any atom is -0.474 e. The quantitative estimate of drug-likeness (QED) is 0.456. The number of aromatic nitrogens is 1. The molecule has 0 spiro atoms. The summed E-state index contributed by atoms with van der Waals surface area (Å²) in [5, 5.41) is 7.52. The Hall–Kier alpha value is -2.11. The molecule has 6 nitrogen and oxygen atoms in total. The Labute approximate surface area is 74.2 Å². The van der Waals surface area contributed by atoms with Crippen LogP contribution >= 0.6 is 0 Å². The van der Waals surface area contributed by atoms with Crippen molar-refractivity contribution in [1.82, 2.24) is 4.98 Å². The molecule has 0 aliphatic rings. The van der Waals surface area contributed by atoms with Crippen molar-refractivity contribution in [2.24, 2.45) is 5.73 Å². The standard InChI is InChI=1S/C5H6N2.C2H3NO3/c6-5-3-1-2-4-7-5;3-1(4)2(5)6/h1-4H,(H2,6,7);(H2,3,4)(H,5,6). The third-order valence-electron chi connectivity index (χ3n) is 0.899. The van der Waals surface area contributed by atoms with Gasteiger partial charge in [0.25, 0.3) is 0 Å². The Morgan fingerprint density at radius 1 is 1.38 bits per heavy atom. The van der Waals surface area contributed by atoms with E-state index in [-0.39, 0.29) is 0 Å². The van der Waals surface area contributed by atoms with Crippen LogP contribution in [0.15, 0.2) is 24.4 Å². The topological polar surface area (TPSA) is 119 Å². The van der Waals surface area contributed by atoms with E-state index in [9.17, 15) is 9.59 Å². The summed E-state index contributed by atoms with van der Waals surface area (Å²) in [6, 6.07) is 5.43. The normalized spacial score (nSPS) is 8.00. The van der Waals surface area contributed by atoms with Crippen LogP contribution in [0.1, 0.15) is 0 Å². The number of carboxylic acid groups (broad SMARTS) is 1. The van der Waals surface area contributed by atoms with Gasteiger partial charge in [-0.15, -0.1) is 0 Å². The van der Waals surface area contributed by atoms with Gasteiger partial charge < -0.3 is 16.6 Å². The Bertz CT molecular complexity index is 274. The zero-order valence-electron chi connectivity index (χ0n) is 6.68. The Kier molecular flexibility index (Phi) is 4.63. The van der Waals surface area contributed by atoms with E-state index in [1.165, 1.54) is 0 Å². The van der Waals surface area contributed by atoms with E-state index in [1.807, 2.05) is 12.1 Å². The van der Waals surface area contributed by atoms with Gasteiger partial charge in [-0.05, 0) is 12.1 Å². The summed E-state index contributed by atoms with van der Waals surface area (Å²) < 4.78 is 0. The fourth-order valence-corrected chi connectivity index (χ4v) is 0.376. The maximum Gasteiger partial charge on any atom is 0.394 e. The number of amides is 1. The highest BCUT2D eigenvalue weighted by molar-refractivity contribution is 6.30. The van der Waals surface area contributed by atoms with Gasteiger partial charge in [0.05, 0.1) is 0 Å². The van der Waals surface area contributed by atoms with Crippen molar-refractivity contribution in [2.45, 2.75) is 0 Å². The number of carbonyl (C=O) groups excluding carboxylic acids is 1. The summed E-state index contributed by atoms with van der Waals surface area (Å²) in [6.07, 6.45) is 1.66.